The molecule has 2 atom stereocenters. The molecule has 0 saturated heterocycles. The fourth-order valence-corrected chi connectivity index (χ4v) is 8.81. The Bertz CT molecular complexity index is 2900. The number of benzene rings is 8. The maximum atomic E-state index is 10.3. The number of anilines is 10. The van der Waals surface area contributed by atoms with Crippen LogP contribution in [-0.2, 0) is 4.79 Å². The number of nitrogens with two attached hydrogens (primary N) is 1. The fraction of sp³-hybridized carbons (Fsp3) is 0.324. The lowest BCUT2D eigenvalue weighted by Gasteiger charge is -2.17. The Labute approximate surface area is 503 Å². The second kappa shape index (κ2) is 40.9. The van der Waals surface area contributed by atoms with Gasteiger partial charge in [-0.25, -0.2) is 0 Å². The lowest BCUT2D eigenvalue weighted by Crippen LogP contribution is -2.17. The fourth-order valence-electron chi connectivity index (χ4n) is 8.81. The Morgan fingerprint density at radius 3 is 1.01 bits per heavy atom. The van der Waals surface area contributed by atoms with Crippen LogP contribution < -0.4 is 32.3 Å². The number of carbonyl (C=O) groups excluding carboxylic acids is 1. The zero-order chi connectivity index (χ0) is 58.1. The van der Waals surface area contributed by atoms with Crippen LogP contribution in [0.4, 0.5) is 62.6 Å². The Balaban J connectivity index is 0.00000104. The van der Waals surface area contributed by atoms with Crippen LogP contribution in [0.25, 0.3) is 0 Å². The predicted molar refractivity (Wildman–Crippen MR) is 371 cm³/mol. The summed E-state index contributed by atoms with van der Waals surface area (Å²) in [5.74, 6) is 3.56. The van der Waals surface area contributed by atoms with Gasteiger partial charge in [0.2, 0.25) is 0 Å². The molecule has 9 N–H and O–H groups in total. The van der Waals surface area contributed by atoms with Crippen LogP contribution in [0.15, 0.2) is 223 Å². The molecule has 0 radical (unpaired) electrons. The molecule has 0 aromatic heterocycles. The van der Waals surface area contributed by atoms with Gasteiger partial charge in [0, 0.05) is 76.5 Å². The normalized spacial score (nSPS) is 11.1. The van der Waals surface area contributed by atoms with E-state index in [0.29, 0.717) is 23.8 Å². The van der Waals surface area contributed by atoms with Crippen molar-refractivity contribution in [3.63, 3.8) is 0 Å². The molecule has 0 aliphatic carbocycles. The number of Topliss-reactive ketones (excluding diaryl/α,β-unsaturated/α-hetero) is 1. The molecular weight excluding hydrogens is 1020 g/mol. The molecule has 0 saturated carbocycles. The third-order valence-electron chi connectivity index (χ3n) is 12.2. The minimum atomic E-state index is 0. The molecule has 0 spiro atoms. The number of hydrogen-bond acceptors (Lipinski definition) is 8. The van der Waals surface area contributed by atoms with E-state index in [-0.39, 0.29) is 27.5 Å². The summed E-state index contributed by atoms with van der Waals surface area (Å²) >= 11 is 0. The second-order valence-corrected chi connectivity index (χ2v) is 22.3. The van der Waals surface area contributed by atoms with Gasteiger partial charge in [-0.05, 0) is 209 Å². The summed E-state index contributed by atoms with van der Waals surface area (Å²) in [6.45, 7) is 25.8. The smallest absolute Gasteiger partial charge is 0.130 e. The second-order valence-electron chi connectivity index (χ2n) is 22.3. The van der Waals surface area contributed by atoms with E-state index < -0.39 is 0 Å². The Morgan fingerprint density at radius 1 is 0.398 bits per heavy atom. The highest BCUT2D eigenvalue weighted by Gasteiger charge is 2.08. The van der Waals surface area contributed by atoms with Crippen LogP contribution in [0, 0.1) is 23.7 Å². The van der Waals surface area contributed by atoms with E-state index in [1.54, 1.807) is 6.92 Å². The number of hydrogen-bond donors (Lipinski definition) is 6. The minimum absolute atomic E-state index is 0. The quantitative estimate of drug-likeness (QED) is 0.0329. The number of carbonyl (C=O) groups is 1. The number of nitrogens with zero attached hydrogens (tertiary/aromatic N) is 1. The van der Waals surface area contributed by atoms with E-state index in [1.807, 2.05) is 123 Å². The third-order valence-corrected chi connectivity index (χ3v) is 12.2. The number of nitrogens with one attached hydrogen (secondary N) is 5. The third kappa shape index (κ3) is 32.8. The van der Waals surface area contributed by atoms with E-state index in [9.17, 15) is 4.79 Å². The summed E-state index contributed by atoms with van der Waals surface area (Å²) in [6.07, 6.45) is 4.19. The van der Waals surface area contributed by atoms with Crippen LogP contribution in [0.2, 0.25) is 0 Å². The van der Waals surface area contributed by atoms with Crippen molar-refractivity contribution in [3.05, 3.63) is 224 Å². The molecule has 2 unspecified atom stereocenters. The lowest BCUT2D eigenvalue weighted by atomic mass is 9.92. The Hall–Kier alpha value is -8.14. The minimum Gasteiger partial charge on any atom is -0.412 e. The van der Waals surface area contributed by atoms with Crippen molar-refractivity contribution >= 4 is 74.1 Å². The molecule has 0 bridgehead atoms. The molecule has 9 nitrogen and oxygen atoms in total. The Kier molecular flexibility index (Phi) is 35.9. The van der Waals surface area contributed by atoms with Crippen molar-refractivity contribution in [2.24, 2.45) is 28.7 Å². The van der Waals surface area contributed by atoms with Gasteiger partial charge < -0.3 is 42.6 Å². The first-order valence-electron chi connectivity index (χ1n) is 28.6. The molecule has 448 valence electrons. The summed E-state index contributed by atoms with van der Waals surface area (Å²) in [7, 11) is 0. The van der Waals surface area contributed by atoms with E-state index >= 15 is 0 Å². The van der Waals surface area contributed by atoms with Gasteiger partial charge in [0.1, 0.15) is 5.78 Å². The lowest BCUT2D eigenvalue weighted by molar-refractivity contribution is -0.117. The van der Waals surface area contributed by atoms with Crippen LogP contribution in [-0.4, -0.2) is 23.0 Å². The van der Waals surface area contributed by atoms with Crippen LogP contribution >= 0.6 is 0 Å². The van der Waals surface area contributed by atoms with Crippen molar-refractivity contribution in [1.29, 1.82) is 0 Å². The average molecular weight is 1120 g/mol. The SMILES string of the molecule is C.C.CC(=O)CC(C)C.CC(C)CC(C)Nc1ccc(Nc2ccccc2)cc1.CC(C)CC(C)c1ccc(Nc2ccccc2)cc1.CC(CC(C)C)=Nc1ccc(Nc2ccccc2)cc1.Nc1ccc(Nc2ccccc2)cc1.O.[HH]. The zero-order valence-electron chi connectivity index (χ0n) is 50.5. The first kappa shape index (κ1) is 72.9. The summed E-state index contributed by atoms with van der Waals surface area (Å²) in [6, 6.07) is 74.4. The van der Waals surface area contributed by atoms with Gasteiger partial charge in [0.15, 0.2) is 0 Å². The maximum absolute atomic E-state index is 10.3. The summed E-state index contributed by atoms with van der Waals surface area (Å²) in [4.78, 5) is 14.9. The molecular formula is C74H105N7O2. The number of rotatable bonds is 20. The van der Waals surface area contributed by atoms with Crippen molar-refractivity contribution < 1.29 is 11.7 Å². The number of ketones is 1. The van der Waals surface area contributed by atoms with Gasteiger partial charge in [-0.2, -0.15) is 0 Å². The topological polar surface area (TPSA) is 147 Å². The maximum Gasteiger partial charge on any atom is 0.130 e. The van der Waals surface area contributed by atoms with Gasteiger partial charge in [-0.3, -0.25) is 4.99 Å². The monoisotopic (exact) mass is 1120 g/mol. The van der Waals surface area contributed by atoms with Crippen molar-refractivity contribution in [3.8, 4) is 0 Å². The number of nitrogen functional groups attached to an aromatic ring is 1. The average Bonchev–Trinajstić information content (AvgIpc) is 3.42. The highest BCUT2D eigenvalue weighted by Crippen LogP contribution is 2.27. The molecule has 83 heavy (non-hydrogen) atoms. The van der Waals surface area contributed by atoms with Gasteiger partial charge >= 0.3 is 0 Å². The van der Waals surface area contributed by atoms with Crippen molar-refractivity contribution in [1.82, 2.24) is 0 Å². The summed E-state index contributed by atoms with van der Waals surface area (Å²) < 4.78 is 0. The molecule has 0 aliphatic heterocycles. The van der Waals surface area contributed by atoms with Crippen LogP contribution in [0.3, 0.4) is 0 Å². The molecule has 8 aromatic carbocycles. The highest BCUT2D eigenvalue weighted by atomic mass is 16.1. The first-order valence-corrected chi connectivity index (χ1v) is 28.6. The summed E-state index contributed by atoms with van der Waals surface area (Å²) in [5.41, 5.74) is 20.0. The van der Waals surface area contributed by atoms with Gasteiger partial charge in [0.25, 0.3) is 0 Å². The highest BCUT2D eigenvalue weighted by molar-refractivity contribution is 5.85. The standard InChI is InChI=1S/C18H24N2.C18H22N2.C18H23N.C12H12N2.C6H12O.2CH4.H2O.H2/c2*1-14(2)13-15(3)19-17-9-11-18(12-10-17)20-16-7-5-4-6-8-16;1-14(2)13-15(3)16-9-11-18(12-10-16)19-17-7-5-4-6-8-17;13-10-6-8-12(9-7-10)14-11-4-2-1-3-5-11;1-5(2)4-6(3)7;;;;/h4-12,14-15,19-20H,13H2,1-3H3;4-12,14,20H,13H2,1-3H3;4-12,14-15,19H,13H2,1-3H3;1-9,14H,13H2;5H,4H2,1-3H3;2*1H4;1H2;1H. The molecule has 8 rings (SSSR count). The summed E-state index contributed by atoms with van der Waals surface area (Å²) in [5, 5.41) is 17.0. The predicted octanol–water partition coefficient (Wildman–Crippen LogP) is 21.8. The van der Waals surface area contributed by atoms with Gasteiger partial charge in [-0.1, -0.05) is 162 Å². The van der Waals surface area contributed by atoms with Gasteiger partial charge in [0.05, 0.1) is 5.69 Å². The molecule has 0 fully saturated rings. The molecule has 0 aliphatic rings. The van der Waals surface area contributed by atoms with E-state index in [1.165, 1.54) is 29.8 Å². The van der Waals surface area contributed by atoms with Crippen molar-refractivity contribution in [2.45, 2.75) is 136 Å². The van der Waals surface area contributed by atoms with E-state index in [2.05, 4.69) is 203 Å². The van der Waals surface area contributed by atoms with Crippen molar-refractivity contribution in [2.75, 3.05) is 32.3 Å². The van der Waals surface area contributed by atoms with Crippen LogP contribution in [0.1, 0.15) is 137 Å². The number of aliphatic imine (C=N–C) groups is 1. The largest absolute Gasteiger partial charge is 0.412 e. The van der Waals surface area contributed by atoms with Crippen LogP contribution in [0.5, 0.6) is 0 Å². The molecule has 8 aromatic rings. The molecule has 0 amide bonds. The van der Waals surface area contributed by atoms with E-state index in [0.717, 1.165) is 81.6 Å². The van der Waals surface area contributed by atoms with E-state index in [4.69, 9.17) is 5.73 Å². The van der Waals surface area contributed by atoms with Gasteiger partial charge in [-0.15, -0.1) is 0 Å². The first-order chi connectivity index (χ1) is 38.4. The zero-order valence-corrected chi connectivity index (χ0v) is 50.5. The molecule has 9 heteroatoms. The Morgan fingerprint density at radius 2 is 0.699 bits per heavy atom. The number of para-hydroxylation sites is 4. The molecule has 0 heterocycles.